The molecule has 0 radical (unpaired) electrons. The summed E-state index contributed by atoms with van der Waals surface area (Å²) in [5.41, 5.74) is 0.553. The van der Waals surface area contributed by atoms with Crippen LogP contribution in [0.5, 0.6) is 0 Å². The summed E-state index contributed by atoms with van der Waals surface area (Å²) in [4.78, 5) is 2.57. The van der Waals surface area contributed by atoms with Gasteiger partial charge < -0.3 is 10.1 Å². The standard InChI is InChI=1S/C11H22N2O/c1-2-11(3-4-12-9-11)10-13-5-7-14-8-6-13/h12H,2-10H2,1H3. The normalized spacial score (nSPS) is 34.9. The van der Waals surface area contributed by atoms with E-state index in [-0.39, 0.29) is 0 Å². The van der Waals surface area contributed by atoms with Gasteiger partial charge in [-0.1, -0.05) is 6.92 Å². The zero-order valence-corrected chi connectivity index (χ0v) is 9.22. The molecule has 1 unspecified atom stereocenters. The lowest BCUT2D eigenvalue weighted by molar-refractivity contribution is 0.0180. The first-order valence-corrected chi connectivity index (χ1v) is 5.85. The average Bonchev–Trinajstić information content (AvgIpc) is 2.69. The first kappa shape index (κ1) is 10.4. The molecule has 2 fully saturated rings. The van der Waals surface area contributed by atoms with Gasteiger partial charge in [0.25, 0.3) is 0 Å². The molecule has 0 aromatic heterocycles. The molecule has 0 aliphatic carbocycles. The third kappa shape index (κ3) is 2.27. The maximum absolute atomic E-state index is 5.37. The Morgan fingerprint density at radius 1 is 1.36 bits per heavy atom. The molecule has 0 saturated carbocycles. The summed E-state index contributed by atoms with van der Waals surface area (Å²) in [6, 6.07) is 0. The maximum Gasteiger partial charge on any atom is 0.0594 e. The predicted octanol–water partition coefficient (Wildman–Crippen LogP) is 0.708. The van der Waals surface area contributed by atoms with E-state index in [1.165, 1.54) is 32.5 Å². The smallest absolute Gasteiger partial charge is 0.0594 e. The molecule has 0 spiro atoms. The minimum absolute atomic E-state index is 0.553. The lowest BCUT2D eigenvalue weighted by Gasteiger charge is -2.36. The minimum Gasteiger partial charge on any atom is -0.379 e. The molecule has 2 heterocycles. The lowest BCUT2D eigenvalue weighted by Crippen LogP contribution is -2.44. The van der Waals surface area contributed by atoms with E-state index in [1.54, 1.807) is 0 Å². The van der Waals surface area contributed by atoms with Crippen molar-refractivity contribution in [3.05, 3.63) is 0 Å². The topological polar surface area (TPSA) is 24.5 Å². The lowest BCUT2D eigenvalue weighted by atomic mass is 9.83. The van der Waals surface area contributed by atoms with Crippen LogP contribution in [-0.4, -0.2) is 50.8 Å². The Bertz CT molecular complexity index is 172. The summed E-state index contributed by atoms with van der Waals surface area (Å²) in [6.45, 7) is 10.1. The molecule has 2 saturated heterocycles. The van der Waals surface area contributed by atoms with Crippen molar-refractivity contribution in [3.8, 4) is 0 Å². The molecule has 2 aliphatic rings. The van der Waals surface area contributed by atoms with Gasteiger partial charge in [-0.05, 0) is 24.8 Å². The molecule has 2 rings (SSSR count). The highest BCUT2D eigenvalue weighted by atomic mass is 16.5. The van der Waals surface area contributed by atoms with Crippen LogP contribution in [0.4, 0.5) is 0 Å². The molecule has 82 valence electrons. The predicted molar refractivity (Wildman–Crippen MR) is 57.5 cm³/mol. The number of nitrogens with zero attached hydrogens (tertiary/aromatic N) is 1. The fourth-order valence-corrected chi connectivity index (χ4v) is 2.58. The number of rotatable bonds is 3. The fourth-order valence-electron chi connectivity index (χ4n) is 2.58. The van der Waals surface area contributed by atoms with Gasteiger partial charge in [-0.3, -0.25) is 4.90 Å². The first-order chi connectivity index (χ1) is 6.85. The Hall–Kier alpha value is -0.120. The third-order valence-corrected chi connectivity index (χ3v) is 3.74. The van der Waals surface area contributed by atoms with E-state index in [1.807, 2.05) is 0 Å². The van der Waals surface area contributed by atoms with Crippen LogP contribution in [0.15, 0.2) is 0 Å². The summed E-state index contributed by atoms with van der Waals surface area (Å²) in [5, 5.41) is 3.50. The molecule has 2 aliphatic heterocycles. The highest BCUT2D eigenvalue weighted by molar-refractivity contribution is 4.89. The van der Waals surface area contributed by atoms with Crippen molar-refractivity contribution < 1.29 is 4.74 Å². The number of nitrogens with one attached hydrogen (secondary N) is 1. The van der Waals surface area contributed by atoms with Gasteiger partial charge in [0, 0.05) is 26.2 Å². The fraction of sp³-hybridized carbons (Fsp3) is 1.00. The monoisotopic (exact) mass is 198 g/mol. The Balaban J connectivity index is 1.86. The second-order valence-corrected chi connectivity index (χ2v) is 4.67. The number of morpholine rings is 1. The van der Waals surface area contributed by atoms with E-state index in [0.29, 0.717) is 5.41 Å². The van der Waals surface area contributed by atoms with E-state index in [0.717, 1.165) is 26.3 Å². The van der Waals surface area contributed by atoms with Crippen LogP contribution < -0.4 is 5.32 Å². The molecule has 0 aromatic rings. The van der Waals surface area contributed by atoms with Crippen LogP contribution in [0.25, 0.3) is 0 Å². The zero-order chi connectivity index (χ0) is 9.86. The van der Waals surface area contributed by atoms with Crippen molar-refractivity contribution in [1.82, 2.24) is 10.2 Å². The minimum atomic E-state index is 0.553. The third-order valence-electron chi connectivity index (χ3n) is 3.74. The van der Waals surface area contributed by atoms with Crippen molar-refractivity contribution in [1.29, 1.82) is 0 Å². The van der Waals surface area contributed by atoms with E-state index < -0.39 is 0 Å². The van der Waals surface area contributed by atoms with Gasteiger partial charge in [0.1, 0.15) is 0 Å². The summed E-state index contributed by atoms with van der Waals surface area (Å²) in [5.74, 6) is 0. The largest absolute Gasteiger partial charge is 0.379 e. The van der Waals surface area contributed by atoms with Crippen LogP contribution in [0, 0.1) is 5.41 Å². The van der Waals surface area contributed by atoms with Gasteiger partial charge in [0.2, 0.25) is 0 Å². The highest BCUT2D eigenvalue weighted by Crippen LogP contribution is 2.30. The average molecular weight is 198 g/mol. The summed E-state index contributed by atoms with van der Waals surface area (Å²) in [6.07, 6.45) is 2.65. The molecule has 14 heavy (non-hydrogen) atoms. The quantitative estimate of drug-likeness (QED) is 0.723. The summed E-state index contributed by atoms with van der Waals surface area (Å²) >= 11 is 0. The molecule has 0 amide bonds. The van der Waals surface area contributed by atoms with Crippen LogP contribution in [-0.2, 0) is 4.74 Å². The number of ether oxygens (including phenoxy) is 1. The van der Waals surface area contributed by atoms with Crippen molar-refractivity contribution in [3.63, 3.8) is 0 Å². The molecule has 1 N–H and O–H groups in total. The Morgan fingerprint density at radius 2 is 2.14 bits per heavy atom. The van der Waals surface area contributed by atoms with Gasteiger partial charge in [-0.25, -0.2) is 0 Å². The van der Waals surface area contributed by atoms with Crippen molar-refractivity contribution in [2.75, 3.05) is 45.9 Å². The van der Waals surface area contributed by atoms with E-state index >= 15 is 0 Å². The van der Waals surface area contributed by atoms with Gasteiger partial charge >= 0.3 is 0 Å². The Morgan fingerprint density at radius 3 is 2.71 bits per heavy atom. The second kappa shape index (κ2) is 4.60. The van der Waals surface area contributed by atoms with Crippen molar-refractivity contribution in [2.45, 2.75) is 19.8 Å². The number of hydrogen-bond acceptors (Lipinski definition) is 3. The van der Waals surface area contributed by atoms with Crippen LogP contribution >= 0.6 is 0 Å². The SMILES string of the molecule is CCC1(CN2CCOCC2)CCNC1. The number of hydrogen-bond donors (Lipinski definition) is 1. The molecular formula is C11H22N2O. The molecule has 0 bridgehead atoms. The van der Waals surface area contributed by atoms with Gasteiger partial charge in [-0.15, -0.1) is 0 Å². The highest BCUT2D eigenvalue weighted by Gasteiger charge is 2.33. The van der Waals surface area contributed by atoms with Gasteiger partial charge in [-0.2, -0.15) is 0 Å². The molecule has 0 aromatic carbocycles. The van der Waals surface area contributed by atoms with Crippen LogP contribution in [0.1, 0.15) is 19.8 Å². The van der Waals surface area contributed by atoms with Crippen LogP contribution in [0.3, 0.4) is 0 Å². The second-order valence-electron chi connectivity index (χ2n) is 4.67. The Labute approximate surface area is 86.8 Å². The molecule has 1 atom stereocenters. The van der Waals surface area contributed by atoms with Gasteiger partial charge in [0.15, 0.2) is 0 Å². The zero-order valence-electron chi connectivity index (χ0n) is 9.22. The maximum atomic E-state index is 5.37. The molecule has 3 heteroatoms. The van der Waals surface area contributed by atoms with E-state index in [9.17, 15) is 0 Å². The van der Waals surface area contributed by atoms with Crippen molar-refractivity contribution >= 4 is 0 Å². The first-order valence-electron chi connectivity index (χ1n) is 5.85. The van der Waals surface area contributed by atoms with Crippen LogP contribution in [0.2, 0.25) is 0 Å². The molecule has 3 nitrogen and oxygen atoms in total. The van der Waals surface area contributed by atoms with Gasteiger partial charge in [0.05, 0.1) is 13.2 Å². The summed E-state index contributed by atoms with van der Waals surface area (Å²) in [7, 11) is 0. The Kier molecular flexibility index (Phi) is 3.42. The van der Waals surface area contributed by atoms with E-state index in [4.69, 9.17) is 4.74 Å². The summed E-state index contributed by atoms with van der Waals surface area (Å²) < 4.78 is 5.37. The van der Waals surface area contributed by atoms with E-state index in [2.05, 4.69) is 17.1 Å². The molecular weight excluding hydrogens is 176 g/mol. The van der Waals surface area contributed by atoms with Crippen molar-refractivity contribution in [2.24, 2.45) is 5.41 Å².